The highest BCUT2D eigenvalue weighted by molar-refractivity contribution is 5.70. The topological polar surface area (TPSA) is 81.0 Å². The van der Waals surface area contributed by atoms with Gasteiger partial charge in [0, 0.05) is 31.6 Å². The van der Waals surface area contributed by atoms with Crippen molar-refractivity contribution >= 4 is 6.09 Å². The lowest BCUT2D eigenvalue weighted by Crippen LogP contribution is -2.51. The number of aromatic nitrogens is 1. The van der Waals surface area contributed by atoms with Crippen molar-refractivity contribution in [3.8, 4) is 11.1 Å². The second kappa shape index (κ2) is 9.80. The van der Waals surface area contributed by atoms with Crippen LogP contribution in [0.25, 0.3) is 11.1 Å². The minimum Gasteiger partial charge on any atom is -0.438 e. The van der Waals surface area contributed by atoms with Crippen LogP contribution in [0, 0.1) is 0 Å². The van der Waals surface area contributed by atoms with Gasteiger partial charge in [0.05, 0.1) is 30.9 Å². The lowest BCUT2D eigenvalue weighted by atomic mass is 9.80. The van der Waals surface area contributed by atoms with Crippen molar-refractivity contribution in [2.75, 3.05) is 19.8 Å². The van der Waals surface area contributed by atoms with Gasteiger partial charge in [-0.3, -0.25) is 4.79 Å². The van der Waals surface area contributed by atoms with E-state index in [0.717, 1.165) is 22.3 Å². The predicted molar refractivity (Wildman–Crippen MR) is 141 cm³/mol. The van der Waals surface area contributed by atoms with Gasteiger partial charge in [-0.1, -0.05) is 54.6 Å². The number of carbonyl (C=O) groups is 1. The third-order valence-corrected chi connectivity index (χ3v) is 7.44. The standard InChI is InChI=1S/C30H34N2O5/c1-21(22-9-11-23(12-10-22)24-13-14-27(33)32(17-24)26-18-36-19-26)31-16-15-30(37-28(31)34,20-29(2,3)35)25-7-5-4-6-8-25/h4-14,17,21,26,35H,15-16,18-20H2,1-3H3/t21-,30?/m0/s1. The Morgan fingerprint density at radius 1 is 1.00 bits per heavy atom. The van der Waals surface area contributed by atoms with E-state index in [4.69, 9.17) is 9.47 Å². The van der Waals surface area contributed by atoms with Gasteiger partial charge >= 0.3 is 6.09 Å². The maximum Gasteiger partial charge on any atom is 0.411 e. The summed E-state index contributed by atoms with van der Waals surface area (Å²) in [5, 5.41) is 10.6. The number of aliphatic hydroxyl groups is 1. The molecule has 0 saturated carbocycles. The van der Waals surface area contributed by atoms with E-state index < -0.39 is 11.2 Å². The Morgan fingerprint density at radius 3 is 2.27 bits per heavy atom. The zero-order chi connectivity index (χ0) is 26.2. The molecule has 2 aliphatic rings. The molecule has 0 bridgehead atoms. The number of hydrogen-bond donors (Lipinski definition) is 1. The Labute approximate surface area is 217 Å². The molecule has 0 aliphatic carbocycles. The van der Waals surface area contributed by atoms with Crippen molar-refractivity contribution < 1.29 is 19.4 Å². The van der Waals surface area contributed by atoms with Crippen LogP contribution in [-0.2, 0) is 15.1 Å². The molecule has 37 heavy (non-hydrogen) atoms. The van der Waals surface area contributed by atoms with Crippen LogP contribution in [0.1, 0.15) is 56.8 Å². The molecule has 0 spiro atoms. The molecule has 3 aromatic rings. The molecular weight excluding hydrogens is 468 g/mol. The SMILES string of the molecule is C[C@@H](c1ccc(-c2ccc(=O)n(C3COC3)c2)cc1)N1CCC(CC(C)(C)O)(c2ccccc2)OC1=O. The largest absolute Gasteiger partial charge is 0.438 e. The van der Waals surface area contributed by atoms with Crippen molar-refractivity contribution in [2.24, 2.45) is 0 Å². The van der Waals surface area contributed by atoms with Crippen LogP contribution >= 0.6 is 0 Å². The van der Waals surface area contributed by atoms with Crippen molar-refractivity contribution in [3.63, 3.8) is 0 Å². The van der Waals surface area contributed by atoms with E-state index >= 15 is 0 Å². The van der Waals surface area contributed by atoms with E-state index in [1.54, 1.807) is 29.4 Å². The first-order valence-electron chi connectivity index (χ1n) is 12.8. The Kier molecular flexibility index (Phi) is 6.68. The number of hydrogen-bond acceptors (Lipinski definition) is 5. The van der Waals surface area contributed by atoms with Gasteiger partial charge in [-0.25, -0.2) is 4.79 Å². The maximum absolute atomic E-state index is 13.3. The van der Waals surface area contributed by atoms with E-state index in [9.17, 15) is 14.7 Å². The van der Waals surface area contributed by atoms with Crippen LogP contribution in [0.15, 0.2) is 77.7 Å². The number of nitrogens with zero attached hydrogens (tertiary/aromatic N) is 2. The minimum absolute atomic E-state index is 0.0259. The summed E-state index contributed by atoms with van der Waals surface area (Å²) in [4.78, 5) is 27.3. The molecule has 1 aromatic heterocycles. The number of rotatable bonds is 7. The minimum atomic E-state index is -0.992. The molecule has 2 atom stereocenters. The average Bonchev–Trinajstić information content (AvgIpc) is 2.84. The van der Waals surface area contributed by atoms with Gasteiger partial charge in [-0.05, 0) is 49.1 Å². The highest BCUT2D eigenvalue weighted by atomic mass is 16.6. The van der Waals surface area contributed by atoms with Gasteiger partial charge in [0.25, 0.3) is 5.56 Å². The summed E-state index contributed by atoms with van der Waals surface area (Å²) in [6, 6.07) is 21.1. The second-order valence-corrected chi connectivity index (χ2v) is 10.8. The van der Waals surface area contributed by atoms with Crippen molar-refractivity contribution in [2.45, 2.75) is 56.9 Å². The molecule has 1 N–H and O–H groups in total. The summed E-state index contributed by atoms with van der Waals surface area (Å²) >= 11 is 0. The lowest BCUT2D eigenvalue weighted by molar-refractivity contribution is -0.101. The average molecular weight is 503 g/mol. The first-order valence-corrected chi connectivity index (χ1v) is 12.8. The first kappa shape index (κ1) is 25.2. The fourth-order valence-corrected chi connectivity index (χ4v) is 5.37. The van der Waals surface area contributed by atoms with Gasteiger partial charge in [0.1, 0.15) is 5.60 Å². The third-order valence-electron chi connectivity index (χ3n) is 7.44. The summed E-state index contributed by atoms with van der Waals surface area (Å²) in [6.45, 7) is 7.13. The summed E-state index contributed by atoms with van der Waals surface area (Å²) in [6.07, 6.45) is 2.41. The second-order valence-electron chi connectivity index (χ2n) is 10.8. The molecule has 7 nitrogen and oxygen atoms in total. The predicted octanol–water partition coefficient (Wildman–Crippen LogP) is 5.05. The van der Waals surface area contributed by atoms with E-state index in [0.29, 0.717) is 32.6 Å². The molecule has 2 fully saturated rings. The molecule has 2 saturated heterocycles. The molecule has 194 valence electrons. The Morgan fingerprint density at radius 2 is 1.68 bits per heavy atom. The molecule has 0 radical (unpaired) electrons. The van der Waals surface area contributed by atoms with E-state index in [-0.39, 0.29) is 23.7 Å². The number of cyclic esters (lactones) is 1. The fourth-order valence-electron chi connectivity index (χ4n) is 5.37. The molecule has 2 aliphatic heterocycles. The normalized spacial score (nSPS) is 21.3. The molecule has 1 amide bonds. The molecule has 2 aromatic carbocycles. The highest BCUT2D eigenvalue weighted by Crippen LogP contribution is 2.42. The zero-order valence-electron chi connectivity index (χ0n) is 21.6. The van der Waals surface area contributed by atoms with Gasteiger partial charge in [-0.15, -0.1) is 0 Å². The van der Waals surface area contributed by atoms with Gasteiger partial charge in [0.2, 0.25) is 0 Å². The molecule has 7 heteroatoms. The Hall–Kier alpha value is -3.42. The van der Waals surface area contributed by atoms with Crippen molar-refractivity contribution in [3.05, 3.63) is 94.4 Å². The van der Waals surface area contributed by atoms with Crippen LogP contribution in [0.5, 0.6) is 0 Å². The van der Waals surface area contributed by atoms with Crippen molar-refractivity contribution in [1.29, 1.82) is 0 Å². The first-order chi connectivity index (χ1) is 17.7. The van der Waals surface area contributed by atoms with Crippen LogP contribution in [0.2, 0.25) is 0 Å². The highest BCUT2D eigenvalue weighted by Gasteiger charge is 2.46. The maximum atomic E-state index is 13.3. The lowest BCUT2D eigenvalue weighted by Gasteiger charge is -2.45. The fraction of sp³-hybridized carbons (Fsp3) is 0.400. The quantitative estimate of drug-likeness (QED) is 0.489. The molecular formula is C30H34N2O5. The van der Waals surface area contributed by atoms with Crippen LogP contribution < -0.4 is 5.56 Å². The Balaban J connectivity index is 1.33. The van der Waals surface area contributed by atoms with Crippen LogP contribution in [-0.4, -0.2) is 46.0 Å². The van der Waals surface area contributed by atoms with E-state index in [2.05, 4.69) is 0 Å². The number of carbonyl (C=O) groups excluding carboxylic acids is 1. The molecule has 1 unspecified atom stereocenters. The summed E-state index contributed by atoms with van der Waals surface area (Å²) in [7, 11) is 0. The van der Waals surface area contributed by atoms with Crippen molar-refractivity contribution in [1.82, 2.24) is 9.47 Å². The van der Waals surface area contributed by atoms with Crippen LogP contribution in [0.3, 0.4) is 0 Å². The van der Waals surface area contributed by atoms with Crippen LogP contribution in [0.4, 0.5) is 4.79 Å². The smallest absolute Gasteiger partial charge is 0.411 e. The van der Waals surface area contributed by atoms with Gasteiger partial charge < -0.3 is 24.0 Å². The van der Waals surface area contributed by atoms with Gasteiger partial charge in [-0.2, -0.15) is 0 Å². The summed E-state index contributed by atoms with van der Waals surface area (Å²) in [5.74, 6) is 0. The monoisotopic (exact) mass is 502 g/mol. The van der Waals surface area contributed by atoms with E-state index in [1.165, 1.54) is 0 Å². The third kappa shape index (κ3) is 5.20. The number of benzene rings is 2. The summed E-state index contributed by atoms with van der Waals surface area (Å²) < 4.78 is 13.1. The number of pyridine rings is 1. The summed E-state index contributed by atoms with van der Waals surface area (Å²) in [5.41, 5.74) is 1.97. The Bertz CT molecular complexity index is 1310. The number of ether oxygens (including phenoxy) is 2. The van der Waals surface area contributed by atoms with E-state index in [1.807, 2.05) is 73.8 Å². The molecule has 5 rings (SSSR count). The molecule has 3 heterocycles. The number of amides is 1. The van der Waals surface area contributed by atoms with Gasteiger partial charge in [0.15, 0.2) is 0 Å². The zero-order valence-corrected chi connectivity index (χ0v) is 21.6.